The van der Waals surface area contributed by atoms with Gasteiger partial charge in [-0.15, -0.1) is 0 Å². The average Bonchev–Trinajstić information content (AvgIpc) is 2.17. The lowest BCUT2D eigenvalue weighted by Crippen LogP contribution is -2.49. The van der Waals surface area contributed by atoms with Gasteiger partial charge in [0.15, 0.2) is 0 Å². The molecule has 0 fully saturated rings. The molecular formula is C10H26N2O3Si. The summed E-state index contributed by atoms with van der Waals surface area (Å²) in [4.78, 5) is 0. The molecule has 0 rings (SSSR count). The Morgan fingerprint density at radius 3 is 2.06 bits per heavy atom. The van der Waals surface area contributed by atoms with Gasteiger partial charge in [-0.2, -0.15) is 0 Å². The van der Waals surface area contributed by atoms with Crippen LogP contribution in [0.1, 0.15) is 33.6 Å². The Bertz CT molecular complexity index is 164. The number of hydrogen-bond donors (Lipinski definition) is 2. The fraction of sp³-hybridized carbons (Fsp3) is 1.00. The molecule has 0 saturated carbocycles. The first-order chi connectivity index (χ1) is 7.60. The summed E-state index contributed by atoms with van der Waals surface area (Å²) >= 11 is 0. The van der Waals surface area contributed by atoms with Gasteiger partial charge in [-0.05, 0) is 40.2 Å². The molecule has 16 heavy (non-hydrogen) atoms. The molecule has 5 nitrogen and oxygen atoms in total. The summed E-state index contributed by atoms with van der Waals surface area (Å²) in [6.45, 7) is 7.52. The van der Waals surface area contributed by atoms with Crippen LogP contribution in [0.3, 0.4) is 0 Å². The Balaban J connectivity index is 4.37. The molecule has 4 N–H and O–H groups in total. The number of nitrogens with two attached hydrogens (primary N) is 2. The van der Waals surface area contributed by atoms with Crippen molar-refractivity contribution in [2.75, 3.05) is 19.8 Å². The van der Waals surface area contributed by atoms with Crippen molar-refractivity contribution in [1.82, 2.24) is 0 Å². The number of hydrogen-bond acceptors (Lipinski definition) is 5. The topological polar surface area (TPSA) is 79.7 Å². The first-order valence-electron chi connectivity index (χ1n) is 6.01. The van der Waals surface area contributed by atoms with Crippen molar-refractivity contribution >= 4 is 8.80 Å². The van der Waals surface area contributed by atoms with Crippen LogP contribution < -0.4 is 11.5 Å². The molecule has 0 aromatic rings. The minimum atomic E-state index is -2.58. The first-order valence-corrected chi connectivity index (χ1v) is 7.94. The summed E-state index contributed by atoms with van der Waals surface area (Å²) in [5.74, 6) is 0. The minimum absolute atomic E-state index is 0.359. The zero-order valence-corrected chi connectivity index (χ0v) is 11.7. The van der Waals surface area contributed by atoms with Crippen LogP contribution in [0, 0.1) is 0 Å². The van der Waals surface area contributed by atoms with E-state index in [9.17, 15) is 0 Å². The van der Waals surface area contributed by atoms with Gasteiger partial charge in [0, 0.05) is 19.3 Å². The van der Waals surface area contributed by atoms with Crippen molar-refractivity contribution in [3.63, 3.8) is 0 Å². The number of rotatable bonds is 10. The van der Waals surface area contributed by atoms with Crippen LogP contribution in [0.2, 0.25) is 6.04 Å². The van der Waals surface area contributed by atoms with E-state index in [-0.39, 0.29) is 6.23 Å². The highest BCUT2D eigenvalue weighted by Gasteiger charge is 2.41. The van der Waals surface area contributed by atoms with Crippen LogP contribution in [0.25, 0.3) is 0 Å². The summed E-state index contributed by atoms with van der Waals surface area (Å²) in [5.41, 5.74) is 11.1. The Morgan fingerprint density at radius 2 is 1.69 bits per heavy atom. The summed E-state index contributed by atoms with van der Waals surface area (Å²) in [5, 5.41) is 0. The van der Waals surface area contributed by atoms with E-state index < -0.39 is 8.80 Å². The third kappa shape index (κ3) is 6.57. The Labute approximate surface area is 99.8 Å². The fourth-order valence-corrected chi connectivity index (χ4v) is 4.28. The van der Waals surface area contributed by atoms with Crippen molar-refractivity contribution < 1.29 is 13.3 Å². The normalized spacial score (nSPS) is 14.1. The predicted molar refractivity (Wildman–Crippen MR) is 66.8 cm³/mol. The van der Waals surface area contributed by atoms with Crippen molar-refractivity contribution in [2.45, 2.75) is 45.9 Å². The molecule has 0 saturated heterocycles. The van der Waals surface area contributed by atoms with Gasteiger partial charge in [-0.3, -0.25) is 0 Å². The van der Waals surface area contributed by atoms with Crippen LogP contribution in [0.15, 0.2) is 0 Å². The molecule has 0 aromatic heterocycles. The molecule has 0 heterocycles. The summed E-state index contributed by atoms with van der Waals surface area (Å²) in [7, 11) is -2.58. The van der Waals surface area contributed by atoms with Crippen molar-refractivity contribution in [3.05, 3.63) is 0 Å². The van der Waals surface area contributed by atoms with Crippen LogP contribution in [0.4, 0.5) is 0 Å². The van der Waals surface area contributed by atoms with Gasteiger partial charge in [-0.1, -0.05) is 0 Å². The molecular weight excluding hydrogens is 224 g/mol. The summed E-state index contributed by atoms with van der Waals surface area (Å²) in [6, 6.07) is 0.785. The third-order valence-corrected chi connectivity index (χ3v) is 5.18. The lowest BCUT2D eigenvalue weighted by Gasteiger charge is -2.30. The van der Waals surface area contributed by atoms with Crippen molar-refractivity contribution in [2.24, 2.45) is 11.5 Å². The van der Waals surface area contributed by atoms with Crippen molar-refractivity contribution in [3.8, 4) is 0 Å². The molecule has 0 aliphatic rings. The lowest BCUT2D eigenvalue weighted by atomic mass is 10.3. The molecule has 1 atom stereocenters. The van der Waals surface area contributed by atoms with E-state index in [0.717, 1.165) is 18.9 Å². The van der Waals surface area contributed by atoms with Gasteiger partial charge >= 0.3 is 8.80 Å². The van der Waals surface area contributed by atoms with E-state index in [4.69, 9.17) is 24.7 Å². The minimum Gasteiger partial charge on any atom is -0.374 e. The molecule has 0 spiro atoms. The van der Waals surface area contributed by atoms with E-state index in [1.54, 1.807) is 6.92 Å². The van der Waals surface area contributed by atoms with Gasteiger partial charge in [0.25, 0.3) is 0 Å². The predicted octanol–water partition coefficient (Wildman–Crippen LogP) is 1.06. The standard InChI is InChI=1S/C10H26N2O3Si/c1-4-13-16(14-5-2,15-10(3)12)9-7-6-8-11/h10H,4-9,11-12H2,1-3H3. The summed E-state index contributed by atoms with van der Waals surface area (Å²) < 4.78 is 17.1. The van der Waals surface area contributed by atoms with Crippen molar-refractivity contribution in [1.29, 1.82) is 0 Å². The second kappa shape index (κ2) is 9.09. The van der Waals surface area contributed by atoms with Gasteiger partial charge in [0.2, 0.25) is 0 Å². The second-order valence-electron chi connectivity index (χ2n) is 3.62. The fourth-order valence-electron chi connectivity index (χ4n) is 1.52. The maximum absolute atomic E-state index is 5.70. The highest BCUT2D eigenvalue weighted by Crippen LogP contribution is 2.19. The molecule has 0 amide bonds. The molecule has 0 radical (unpaired) electrons. The van der Waals surface area contributed by atoms with Crippen LogP contribution in [0.5, 0.6) is 0 Å². The molecule has 0 aliphatic carbocycles. The zero-order valence-electron chi connectivity index (χ0n) is 10.7. The first kappa shape index (κ1) is 16.0. The Hall–Kier alpha value is 0.0169. The van der Waals surface area contributed by atoms with E-state index in [2.05, 4.69) is 0 Å². The molecule has 0 bridgehead atoms. The monoisotopic (exact) mass is 250 g/mol. The van der Waals surface area contributed by atoms with E-state index in [0.29, 0.717) is 19.8 Å². The highest BCUT2D eigenvalue weighted by atomic mass is 28.4. The van der Waals surface area contributed by atoms with E-state index in [1.807, 2.05) is 13.8 Å². The lowest BCUT2D eigenvalue weighted by molar-refractivity contribution is 0.0400. The highest BCUT2D eigenvalue weighted by molar-refractivity contribution is 6.60. The maximum atomic E-state index is 5.70. The quantitative estimate of drug-likeness (QED) is 0.344. The molecule has 0 aromatic carbocycles. The van der Waals surface area contributed by atoms with Crippen LogP contribution >= 0.6 is 0 Å². The molecule has 98 valence electrons. The van der Waals surface area contributed by atoms with Gasteiger partial charge in [0.05, 0.1) is 6.23 Å². The van der Waals surface area contributed by atoms with E-state index in [1.165, 1.54) is 0 Å². The second-order valence-corrected chi connectivity index (χ2v) is 6.30. The van der Waals surface area contributed by atoms with Gasteiger partial charge < -0.3 is 24.7 Å². The molecule has 0 aliphatic heterocycles. The number of unbranched alkanes of at least 4 members (excludes halogenated alkanes) is 1. The van der Waals surface area contributed by atoms with Crippen LogP contribution in [-0.2, 0) is 13.3 Å². The average molecular weight is 250 g/mol. The van der Waals surface area contributed by atoms with E-state index >= 15 is 0 Å². The largest absolute Gasteiger partial charge is 0.502 e. The van der Waals surface area contributed by atoms with Gasteiger partial charge in [-0.25, -0.2) is 0 Å². The maximum Gasteiger partial charge on any atom is 0.502 e. The Morgan fingerprint density at radius 1 is 1.12 bits per heavy atom. The Kier molecular flexibility index (Phi) is 9.10. The zero-order chi connectivity index (χ0) is 12.4. The third-order valence-electron chi connectivity index (χ3n) is 2.03. The molecule has 1 unspecified atom stereocenters. The summed E-state index contributed by atoms with van der Waals surface area (Å²) in [6.07, 6.45) is 1.55. The molecule has 6 heteroatoms. The van der Waals surface area contributed by atoms with Crippen LogP contribution in [-0.4, -0.2) is 34.8 Å². The van der Waals surface area contributed by atoms with Gasteiger partial charge in [0.1, 0.15) is 0 Å². The SMILES string of the molecule is CCO[Si](CCCCN)(OCC)OC(C)N. The smallest absolute Gasteiger partial charge is 0.374 e.